The zero-order valence-corrected chi connectivity index (χ0v) is 12.0. The molecule has 0 aliphatic heterocycles. The number of aromatic nitrogens is 2. The van der Waals surface area contributed by atoms with Gasteiger partial charge in [-0.05, 0) is 12.1 Å². The molecule has 0 fully saturated rings. The highest BCUT2D eigenvalue weighted by Gasteiger charge is 2.38. The molecule has 10 heteroatoms. The van der Waals surface area contributed by atoms with E-state index in [2.05, 4.69) is 19.7 Å². The number of aliphatic imine (C=N–C) groups is 1. The monoisotopic (exact) mass is 328 g/mol. The molecule has 122 valence electrons. The Morgan fingerprint density at radius 3 is 2.52 bits per heavy atom. The first kappa shape index (κ1) is 16.6. The van der Waals surface area contributed by atoms with E-state index in [1.807, 2.05) is 0 Å². The number of halogens is 3. The Kier molecular flexibility index (Phi) is 4.74. The molecular formula is C13H11F3N4O3. The molecule has 0 saturated heterocycles. The van der Waals surface area contributed by atoms with Crippen molar-refractivity contribution in [3.8, 4) is 11.4 Å². The minimum atomic E-state index is -4.71. The Balaban J connectivity index is 2.15. The number of benzene rings is 1. The van der Waals surface area contributed by atoms with E-state index in [9.17, 15) is 18.0 Å². The fraction of sp³-hybridized carbons (Fsp3) is 0.231. The van der Waals surface area contributed by atoms with Gasteiger partial charge in [0.15, 0.2) is 0 Å². The normalized spacial score (nSPS) is 11.9. The summed E-state index contributed by atoms with van der Waals surface area (Å²) >= 11 is 0. The Morgan fingerprint density at radius 1 is 1.35 bits per heavy atom. The van der Waals surface area contributed by atoms with E-state index in [0.717, 1.165) is 0 Å². The Morgan fingerprint density at radius 2 is 2.00 bits per heavy atom. The topological polar surface area (TPSA) is 80.8 Å². The van der Waals surface area contributed by atoms with Crippen LogP contribution < -0.4 is 0 Å². The maximum absolute atomic E-state index is 12.4. The van der Waals surface area contributed by atoms with Crippen LogP contribution in [0.2, 0.25) is 0 Å². The zero-order chi connectivity index (χ0) is 17.0. The van der Waals surface area contributed by atoms with Gasteiger partial charge in [-0.25, -0.2) is 5.06 Å². The summed E-state index contributed by atoms with van der Waals surface area (Å²) in [7, 11) is 2.96. The minimum absolute atomic E-state index is 0.223. The largest absolute Gasteiger partial charge is 0.471 e. The van der Waals surface area contributed by atoms with Crippen molar-refractivity contribution in [1.82, 2.24) is 15.2 Å². The SMILES string of the molecule is CON(C)/C=N\C(=O)c1ccc(-c2noc(C(F)(F)F)n2)cc1. The molecule has 0 atom stereocenters. The fourth-order valence-corrected chi connectivity index (χ4v) is 1.47. The number of rotatable bonds is 4. The number of hydrogen-bond donors (Lipinski definition) is 0. The lowest BCUT2D eigenvalue weighted by molar-refractivity contribution is -0.159. The predicted octanol–water partition coefficient (Wildman–Crippen LogP) is 2.42. The van der Waals surface area contributed by atoms with Crippen LogP contribution in [0.4, 0.5) is 13.2 Å². The van der Waals surface area contributed by atoms with Gasteiger partial charge in [0, 0.05) is 18.2 Å². The highest BCUT2D eigenvalue weighted by molar-refractivity contribution is 5.98. The summed E-state index contributed by atoms with van der Waals surface area (Å²) in [6, 6.07) is 5.58. The lowest BCUT2D eigenvalue weighted by atomic mass is 10.1. The molecule has 2 rings (SSSR count). The van der Waals surface area contributed by atoms with Crippen LogP contribution in [-0.4, -0.2) is 41.6 Å². The number of amides is 1. The Labute approximate surface area is 128 Å². The molecule has 7 nitrogen and oxygen atoms in total. The molecule has 0 N–H and O–H groups in total. The molecular weight excluding hydrogens is 317 g/mol. The minimum Gasteiger partial charge on any atom is -0.329 e. The number of hydrogen-bond acceptors (Lipinski definition) is 5. The van der Waals surface area contributed by atoms with Gasteiger partial charge >= 0.3 is 12.1 Å². The van der Waals surface area contributed by atoms with Gasteiger partial charge in [0.2, 0.25) is 5.82 Å². The maximum atomic E-state index is 12.4. The second kappa shape index (κ2) is 6.57. The molecule has 1 aromatic carbocycles. The smallest absolute Gasteiger partial charge is 0.329 e. The molecule has 0 radical (unpaired) electrons. The van der Waals surface area contributed by atoms with Gasteiger partial charge < -0.3 is 4.52 Å². The van der Waals surface area contributed by atoms with E-state index in [-0.39, 0.29) is 17.0 Å². The van der Waals surface area contributed by atoms with Crippen molar-refractivity contribution in [3.63, 3.8) is 0 Å². The second-order valence-corrected chi connectivity index (χ2v) is 4.28. The fourth-order valence-electron chi connectivity index (χ4n) is 1.47. The molecule has 0 aliphatic rings. The molecule has 1 heterocycles. The second-order valence-electron chi connectivity index (χ2n) is 4.28. The molecule has 1 amide bonds. The number of nitrogens with zero attached hydrogens (tertiary/aromatic N) is 4. The highest BCUT2D eigenvalue weighted by atomic mass is 19.4. The molecule has 1 aromatic heterocycles. The number of carbonyl (C=O) groups is 1. The van der Waals surface area contributed by atoms with Crippen molar-refractivity contribution in [2.45, 2.75) is 6.18 Å². The molecule has 0 bridgehead atoms. The van der Waals surface area contributed by atoms with E-state index in [1.54, 1.807) is 7.05 Å². The molecule has 0 saturated carbocycles. The molecule has 23 heavy (non-hydrogen) atoms. The predicted molar refractivity (Wildman–Crippen MR) is 72.3 cm³/mol. The van der Waals surface area contributed by atoms with Gasteiger partial charge in [-0.1, -0.05) is 17.3 Å². The summed E-state index contributed by atoms with van der Waals surface area (Å²) in [6.45, 7) is 0. The van der Waals surface area contributed by atoms with Crippen molar-refractivity contribution in [2.75, 3.05) is 14.2 Å². The zero-order valence-electron chi connectivity index (χ0n) is 12.0. The number of carbonyl (C=O) groups excluding carboxylic acids is 1. The molecule has 0 spiro atoms. The first-order valence-corrected chi connectivity index (χ1v) is 6.18. The molecule has 2 aromatic rings. The van der Waals surface area contributed by atoms with Crippen LogP contribution in [0, 0.1) is 0 Å². The average molecular weight is 328 g/mol. The van der Waals surface area contributed by atoms with Crippen LogP contribution in [-0.2, 0) is 11.0 Å². The van der Waals surface area contributed by atoms with Gasteiger partial charge in [-0.3, -0.25) is 9.63 Å². The van der Waals surface area contributed by atoms with Crippen LogP contribution in [0.3, 0.4) is 0 Å². The van der Waals surface area contributed by atoms with Crippen molar-refractivity contribution in [2.24, 2.45) is 4.99 Å². The van der Waals surface area contributed by atoms with E-state index in [4.69, 9.17) is 4.84 Å². The third-order valence-electron chi connectivity index (χ3n) is 2.68. The number of alkyl halides is 3. The van der Waals surface area contributed by atoms with Crippen molar-refractivity contribution >= 4 is 12.2 Å². The van der Waals surface area contributed by atoms with E-state index in [0.29, 0.717) is 0 Å². The van der Waals surface area contributed by atoms with E-state index >= 15 is 0 Å². The van der Waals surface area contributed by atoms with E-state index < -0.39 is 18.0 Å². The Hall–Kier alpha value is -2.75. The number of hydroxylamine groups is 2. The van der Waals surface area contributed by atoms with Crippen LogP contribution >= 0.6 is 0 Å². The van der Waals surface area contributed by atoms with Gasteiger partial charge in [0.1, 0.15) is 6.34 Å². The van der Waals surface area contributed by atoms with Gasteiger partial charge in [-0.15, -0.1) is 0 Å². The van der Waals surface area contributed by atoms with Gasteiger partial charge in [-0.2, -0.15) is 23.1 Å². The summed E-state index contributed by atoms with van der Waals surface area (Å²) in [5, 5.41) is 4.48. The third kappa shape index (κ3) is 4.13. The van der Waals surface area contributed by atoms with Crippen molar-refractivity contribution in [1.29, 1.82) is 0 Å². The van der Waals surface area contributed by atoms with Crippen LogP contribution in [0.1, 0.15) is 16.2 Å². The van der Waals surface area contributed by atoms with Crippen molar-refractivity contribution < 1.29 is 27.3 Å². The lowest BCUT2D eigenvalue weighted by Gasteiger charge is -2.07. The molecule has 0 aliphatic carbocycles. The third-order valence-corrected chi connectivity index (χ3v) is 2.68. The summed E-state index contributed by atoms with van der Waals surface area (Å²) in [5.41, 5.74) is 0.521. The van der Waals surface area contributed by atoms with Gasteiger partial charge in [0.25, 0.3) is 5.91 Å². The summed E-state index contributed by atoms with van der Waals surface area (Å²) in [5.74, 6) is -2.19. The summed E-state index contributed by atoms with van der Waals surface area (Å²) < 4.78 is 41.3. The Bertz CT molecular complexity index is 710. The highest BCUT2D eigenvalue weighted by Crippen LogP contribution is 2.29. The van der Waals surface area contributed by atoms with Crippen molar-refractivity contribution in [3.05, 3.63) is 35.7 Å². The van der Waals surface area contributed by atoms with Gasteiger partial charge in [0.05, 0.1) is 7.11 Å². The van der Waals surface area contributed by atoms with Crippen LogP contribution in [0.5, 0.6) is 0 Å². The van der Waals surface area contributed by atoms with Crippen LogP contribution in [0.15, 0.2) is 33.8 Å². The standard InChI is InChI=1S/C13H11F3N4O3/c1-20(22-2)7-17-11(21)9-5-3-8(4-6-9)10-18-12(23-19-10)13(14,15)16/h3-7H,1-2H3/b17-7-. The average Bonchev–Trinajstić information content (AvgIpc) is 3.02. The van der Waals surface area contributed by atoms with E-state index in [1.165, 1.54) is 42.8 Å². The first-order valence-electron chi connectivity index (χ1n) is 6.18. The van der Waals surface area contributed by atoms with Crippen LogP contribution in [0.25, 0.3) is 11.4 Å². The first-order chi connectivity index (χ1) is 10.8. The quantitative estimate of drug-likeness (QED) is 0.487. The lowest BCUT2D eigenvalue weighted by Crippen LogP contribution is -2.14. The maximum Gasteiger partial charge on any atom is 0.471 e. The summed E-state index contributed by atoms with van der Waals surface area (Å²) in [6.07, 6.45) is -3.52. The summed E-state index contributed by atoms with van der Waals surface area (Å²) in [4.78, 5) is 23.4. The molecule has 0 unspecified atom stereocenters.